The summed E-state index contributed by atoms with van der Waals surface area (Å²) in [7, 11) is 0. The van der Waals surface area contributed by atoms with Crippen LogP contribution in [0.15, 0.2) is 12.7 Å². The van der Waals surface area contributed by atoms with Crippen LogP contribution in [0, 0.1) is 22.7 Å². The van der Waals surface area contributed by atoms with Gasteiger partial charge in [0, 0.05) is 17.8 Å². The minimum Gasteiger partial charge on any atom is -0.393 e. The summed E-state index contributed by atoms with van der Waals surface area (Å²) in [5.41, 5.74) is -1.75. The number of ketones is 2. The predicted octanol–water partition coefficient (Wildman–Crippen LogP) is 2.51. The van der Waals surface area contributed by atoms with Crippen LogP contribution in [0.4, 0.5) is 0 Å². The summed E-state index contributed by atoms with van der Waals surface area (Å²) in [5, 5.41) is 9.91. The van der Waals surface area contributed by atoms with Crippen LogP contribution < -0.4 is 0 Å². The van der Waals surface area contributed by atoms with Gasteiger partial charge in [-0.05, 0) is 32.6 Å². The molecule has 1 saturated carbocycles. The van der Waals surface area contributed by atoms with Crippen LogP contribution in [0.3, 0.4) is 0 Å². The lowest BCUT2D eigenvalue weighted by atomic mass is 9.59. The Hall–Kier alpha value is -1.04. The number of rotatable bonds is 6. The average molecular weight is 338 g/mol. The Morgan fingerprint density at radius 3 is 2.54 bits per heavy atom. The molecule has 24 heavy (non-hydrogen) atoms. The molecule has 0 aromatic rings. The molecule has 5 nitrogen and oxygen atoms in total. The molecule has 5 heteroatoms. The van der Waals surface area contributed by atoms with Crippen molar-refractivity contribution >= 4 is 11.6 Å². The zero-order valence-electron chi connectivity index (χ0n) is 15.2. The SMILES string of the molecule is C=CC(C)(CC(=O)[C@@]1(C)C(=O)C(C(C)O)CC[C@H]1C)C1OCCO1. The number of aliphatic hydroxyl groups excluding tert-OH is 1. The zero-order chi connectivity index (χ0) is 18.1. The van der Waals surface area contributed by atoms with Crippen molar-refractivity contribution < 1.29 is 24.2 Å². The molecule has 1 aliphatic heterocycles. The summed E-state index contributed by atoms with van der Waals surface area (Å²) in [6, 6.07) is 0. The van der Waals surface area contributed by atoms with E-state index in [1.54, 1.807) is 19.9 Å². The molecule has 0 spiro atoms. The molecule has 1 N–H and O–H groups in total. The highest BCUT2D eigenvalue weighted by Crippen LogP contribution is 2.45. The van der Waals surface area contributed by atoms with Crippen molar-refractivity contribution in [3.63, 3.8) is 0 Å². The maximum atomic E-state index is 13.2. The second-order valence-electron chi connectivity index (χ2n) is 7.78. The molecule has 1 saturated heterocycles. The molecule has 2 rings (SSSR count). The summed E-state index contributed by atoms with van der Waals surface area (Å²) in [4.78, 5) is 26.1. The molecule has 2 fully saturated rings. The zero-order valence-corrected chi connectivity index (χ0v) is 15.2. The lowest BCUT2D eigenvalue weighted by molar-refractivity contribution is -0.157. The number of aliphatic hydroxyl groups is 1. The van der Waals surface area contributed by atoms with Gasteiger partial charge in [-0.15, -0.1) is 6.58 Å². The van der Waals surface area contributed by atoms with Gasteiger partial charge in [0.1, 0.15) is 5.78 Å². The van der Waals surface area contributed by atoms with Crippen molar-refractivity contribution in [3.05, 3.63) is 12.7 Å². The van der Waals surface area contributed by atoms with Crippen LogP contribution in [0.25, 0.3) is 0 Å². The molecule has 0 amide bonds. The summed E-state index contributed by atoms with van der Waals surface area (Å²) < 4.78 is 11.1. The molecule has 1 aliphatic carbocycles. The molecule has 5 atom stereocenters. The number of carbonyl (C=O) groups excluding carboxylic acids is 2. The van der Waals surface area contributed by atoms with Crippen LogP contribution in [0.5, 0.6) is 0 Å². The Bertz CT molecular complexity index is 508. The monoisotopic (exact) mass is 338 g/mol. The first kappa shape index (κ1) is 19.3. The normalized spacial score (nSPS) is 35.5. The maximum absolute atomic E-state index is 13.2. The second-order valence-corrected chi connectivity index (χ2v) is 7.78. The van der Waals surface area contributed by atoms with Gasteiger partial charge in [-0.3, -0.25) is 9.59 Å². The number of carbonyl (C=O) groups is 2. The number of Topliss-reactive ketones (excluding diaryl/α,β-unsaturated/α-hetero) is 2. The van der Waals surface area contributed by atoms with Gasteiger partial charge >= 0.3 is 0 Å². The van der Waals surface area contributed by atoms with E-state index in [9.17, 15) is 14.7 Å². The second kappa shape index (κ2) is 7.06. The van der Waals surface area contributed by atoms with Crippen LogP contribution in [0.1, 0.15) is 47.0 Å². The largest absolute Gasteiger partial charge is 0.393 e. The first-order chi connectivity index (χ1) is 11.2. The lowest BCUT2D eigenvalue weighted by Crippen LogP contribution is -2.52. The molecule has 1 heterocycles. The third kappa shape index (κ3) is 3.22. The quantitative estimate of drug-likeness (QED) is 0.595. The minimum absolute atomic E-state index is 0.0491. The fourth-order valence-corrected chi connectivity index (χ4v) is 3.87. The van der Waals surface area contributed by atoms with Crippen LogP contribution in [-0.2, 0) is 19.1 Å². The number of ether oxygens (including phenoxy) is 2. The molecule has 0 aromatic heterocycles. The van der Waals surface area contributed by atoms with Gasteiger partial charge in [0.05, 0.1) is 24.7 Å². The lowest BCUT2D eigenvalue weighted by Gasteiger charge is -2.43. The van der Waals surface area contributed by atoms with E-state index in [0.717, 1.165) is 6.42 Å². The minimum atomic E-state index is -1.08. The van der Waals surface area contributed by atoms with Gasteiger partial charge in [0.15, 0.2) is 12.1 Å². The van der Waals surface area contributed by atoms with Crippen molar-refractivity contribution in [2.75, 3.05) is 13.2 Å². The highest BCUT2D eigenvalue weighted by atomic mass is 16.7. The molecule has 0 aromatic carbocycles. The summed E-state index contributed by atoms with van der Waals surface area (Å²) in [6.07, 6.45) is 1.97. The van der Waals surface area contributed by atoms with Crippen LogP contribution >= 0.6 is 0 Å². The van der Waals surface area contributed by atoms with E-state index < -0.39 is 29.1 Å². The molecular formula is C19H30O5. The van der Waals surface area contributed by atoms with E-state index in [1.165, 1.54) is 0 Å². The van der Waals surface area contributed by atoms with Gasteiger partial charge in [-0.25, -0.2) is 0 Å². The Balaban J connectivity index is 2.24. The molecule has 0 bridgehead atoms. The Morgan fingerprint density at radius 1 is 1.46 bits per heavy atom. The van der Waals surface area contributed by atoms with E-state index in [-0.39, 0.29) is 23.9 Å². The summed E-state index contributed by atoms with van der Waals surface area (Å²) in [6.45, 7) is 12.0. The smallest absolute Gasteiger partial charge is 0.166 e. The third-order valence-electron chi connectivity index (χ3n) is 6.07. The van der Waals surface area contributed by atoms with Gasteiger partial charge in [0.25, 0.3) is 0 Å². The van der Waals surface area contributed by atoms with E-state index in [1.807, 2.05) is 13.8 Å². The highest BCUT2D eigenvalue weighted by Gasteiger charge is 2.53. The topological polar surface area (TPSA) is 72.8 Å². The molecule has 136 valence electrons. The van der Waals surface area contributed by atoms with Crippen molar-refractivity contribution in [2.45, 2.75) is 59.4 Å². The van der Waals surface area contributed by atoms with Crippen molar-refractivity contribution in [3.8, 4) is 0 Å². The van der Waals surface area contributed by atoms with E-state index in [0.29, 0.717) is 19.6 Å². The van der Waals surface area contributed by atoms with E-state index >= 15 is 0 Å². The Labute approximate surface area is 144 Å². The van der Waals surface area contributed by atoms with Crippen LogP contribution in [-0.4, -0.2) is 42.3 Å². The van der Waals surface area contributed by atoms with Crippen molar-refractivity contribution in [1.29, 1.82) is 0 Å². The van der Waals surface area contributed by atoms with Gasteiger partial charge in [0.2, 0.25) is 0 Å². The summed E-state index contributed by atoms with van der Waals surface area (Å²) >= 11 is 0. The Morgan fingerprint density at radius 2 is 2.04 bits per heavy atom. The third-order valence-corrected chi connectivity index (χ3v) is 6.07. The van der Waals surface area contributed by atoms with E-state index in [4.69, 9.17) is 9.47 Å². The van der Waals surface area contributed by atoms with Gasteiger partial charge in [-0.1, -0.05) is 19.9 Å². The molecular weight excluding hydrogens is 308 g/mol. The number of hydrogen-bond donors (Lipinski definition) is 1. The standard InChI is InChI=1S/C19H30O5/c1-6-18(4,17-23-9-10-24-17)11-15(21)19(5)12(2)7-8-14(13(3)20)16(19)22/h6,12-14,17,20H,1,7-11H2,2-5H3/t12-,13?,14?,18?,19+/m1/s1. The Kier molecular flexibility index (Phi) is 5.68. The fraction of sp³-hybridized carbons (Fsp3) is 0.789. The number of hydrogen-bond acceptors (Lipinski definition) is 5. The first-order valence-corrected chi connectivity index (χ1v) is 8.79. The fourth-order valence-electron chi connectivity index (χ4n) is 3.87. The summed E-state index contributed by atoms with van der Waals surface area (Å²) in [5.74, 6) is -0.774. The van der Waals surface area contributed by atoms with Gasteiger partial charge in [-0.2, -0.15) is 0 Å². The highest BCUT2D eigenvalue weighted by molar-refractivity contribution is 6.08. The average Bonchev–Trinajstić information content (AvgIpc) is 3.07. The maximum Gasteiger partial charge on any atom is 0.166 e. The molecule has 2 aliphatic rings. The first-order valence-electron chi connectivity index (χ1n) is 8.79. The van der Waals surface area contributed by atoms with Gasteiger partial charge < -0.3 is 14.6 Å². The van der Waals surface area contributed by atoms with Crippen molar-refractivity contribution in [1.82, 2.24) is 0 Å². The predicted molar refractivity (Wildman–Crippen MR) is 90.3 cm³/mol. The van der Waals surface area contributed by atoms with Crippen molar-refractivity contribution in [2.24, 2.45) is 22.7 Å². The molecule has 3 unspecified atom stereocenters. The molecule has 0 radical (unpaired) electrons. The van der Waals surface area contributed by atoms with E-state index in [2.05, 4.69) is 6.58 Å². The van der Waals surface area contributed by atoms with Crippen LogP contribution in [0.2, 0.25) is 0 Å².